The number of thiophene rings is 1. The molecule has 0 N–H and O–H groups in total. The predicted octanol–water partition coefficient (Wildman–Crippen LogP) is 12.4. The van der Waals surface area contributed by atoms with Gasteiger partial charge in [0.2, 0.25) is 0 Å². The Balaban J connectivity index is 1.17. The second-order valence-corrected chi connectivity index (χ2v) is 13.5. The van der Waals surface area contributed by atoms with Gasteiger partial charge in [0.1, 0.15) is 0 Å². The van der Waals surface area contributed by atoms with Crippen LogP contribution in [-0.4, -0.2) is 15.0 Å². The molecule has 0 fully saturated rings. The Morgan fingerprint density at radius 3 is 2.14 bits per heavy atom. The normalized spacial score (nSPS) is 11.7. The van der Waals surface area contributed by atoms with E-state index in [0.29, 0.717) is 0 Å². The minimum absolute atomic E-state index is 0.910. The number of aromatic nitrogens is 3. The fourth-order valence-corrected chi connectivity index (χ4v) is 8.26. The number of fused-ring (bicyclic) bond motifs is 7. The van der Waals surface area contributed by atoms with E-state index >= 15 is 0 Å². The van der Waals surface area contributed by atoms with Crippen molar-refractivity contribution >= 4 is 64.2 Å². The van der Waals surface area contributed by atoms with Gasteiger partial charge in [-0.3, -0.25) is 9.97 Å². The van der Waals surface area contributed by atoms with Gasteiger partial charge >= 0.3 is 0 Å². The van der Waals surface area contributed by atoms with E-state index in [2.05, 4.69) is 127 Å². The molecular formula is C45H27N3S. The molecule has 6 aromatic carbocycles. The molecule has 228 valence electrons. The van der Waals surface area contributed by atoms with Gasteiger partial charge in [-0.2, -0.15) is 0 Å². The summed E-state index contributed by atoms with van der Waals surface area (Å²) >= 11 is 1.85. The molecule has 0 spiro atoms. The smallest absolute Gasteiger partial charge is 0.0972 e. The minimum atomic E-state index is 0.910. The van der Waals surface area contributed by atoms with Crippen molar-refractivity contribution in [3.8, 4) is 44.6 Å². The van der Waals surface area contributed by atoms with Gasteiger partial charge < -0.3 is 0 Å². The van der Waals surface area contributed by atoms with Crippen LogP contribution in [0.2, 0.25) is 0 Å². The molecule has 10 aromatic rings. The first-order valence-corrected chi connectivity index (χ1v) is 17.2. The molecule has 4 aromatic heterocycles. The topological polar surface area (TPSA) is 38.7 Å². The van der Waals surface area contributed by atoms with Crippen LogP contribution in [0.3, 0.4) is 0 Å². The van der Waals surface area contributed by atoms with Crippen LogP contribution in [0, 0.1) is 0 Å². The highest BCUT2D eigenvalue weighted by atomic mass is 32.1. The van der Waals surface area contributed by atoms with Crippen molar-refractivity contribution in [2.75, 3.05) is 0 Å². The second kappa shape index (κ2) is 11.2. The zero-order valence-electron chi connectivity index (χ0n) is 26.3. The fourth-order valence-electron chi connectivity index (χ4n) is 7.12. The molecule has 0 unspecified atom stereocenters. The van der Waals surface area contributed by atoms with E-state index in [-0.39, 0.29) is 0 Å². The zero-order valence-corrected chi connectivity index (χ0v) is 27.2. The number of pyridine rings is 3. The van der Waals surface area contributed by atoms with Gasteiger partial charge in [0.05, 0.1) is 22.2 Å². The third-order valence-corrected chi connectivity index (χ3v) is 10.7. The summed E-state index contributed by atoms with van der Waals surface area (Å²) < 4.78 is 2.58. The number of hydrogen-bond donors (Lipinski definition) is 0. The lowest BCUT2D eigenvalue weighted by atomic mass is 9.89. The monoisotopic (exact) mass is 641 g/mol. The molecule has 4 heterocycles. The molecule has 3 nitrogen and oxygen atoms in total. The zero-order chi connectivity index (χ0) is 32.3. The number of nitrogens with zero attached hydrogens (tertiary/aromatic N) is 3. The standard InChI is InChI=1S/C45H27N3S/c1-2-9-28(10-3-1)40-22-20-29-17-18-32-24-33(26-47-44(32)45(29)48-40)30-19-21-35(34-23-31-11-4-6-14-39(31)46-27-34)38(25-30)36-13-8-16-42-43(36)37-12-5-7-15-41(37)49-42/h1-27H. The lowest BCUT2D eigenvalue weighted by molar-refractivity contribution is 1.37. The third-order valence-electron chi connectivity index (χ3n) is 9.53. The van der Waals surface area contributed by atoms with E-state index < -0.39 is 0 Å². The van der Waals surface area contributed by atoms with Crippen LogP contribution in [-0.2, 0) is 0 Å². The predicted molar refractivity (Wildman–Crippen MR) is 207 cm³/mol. The molecule has 0 aliphatic rings. The quantitative estimate of drug-likeness (QED) is 0.180. The Kier molecular flexibility index (Phi) is 6.36. The van der Waals surface area contributed by atoms with Gasteiger partial charge in [-0.05, 0) is 64.7 Å². The van der Waals surface area contributed by atoms with E-state index in [4.69, 9.17) is 15.0 Å². The largest absolute Gasteiger partial charge is 0.256 e. The van der Waals surface area contributed by atoms with Crippen LogP contribution in [0.5, 0.6) is 0 Å². The summed E-state index contributed by atoms with van der Waals surface area (Å²) in [5.41, 5.74) is 11.7. The summed E-state index contributed by atoms with van der Waals surface area (Å²) in [6.45, 7) is 0. The maximum atomic E-state index is 5.08. The van der Waals surface area contributed by atoms with Gasteiger partial charge in [-0.1, -0.05) is 109 Å². The van der Waals surface area contributed by atoms with Crippen molar-refractivity contribution in [3.63, 3.8) is 0 Å². The van der Waals surface area contributed by atoms with Crippen LogP contribution in [0.1, 0.15) is 0 Å². The van der Waals surface area contributed by atoms with Crippen molar-refractivity contribution in [1.29, 1.82) is 0 Å². The second-order valence-electron chi connectivity index (χ2n) is 12.4. The van der Waals surface area contributed by atoms with Gasteiger partial charge in [-0.15, -0.1) is 11.3 Å². The number of para-hydroxylation sites is 1. The van der Waals surface area contributed by atoms with Gasteiger partial charge in [0.15, 0.2) is 0 Å². The van der Waals surface area contributed by atoms with Gasteiger partial charge in [0.25, 0.3) is 0 Å². The summed E-state index contributed by atoms with van der Waals surface area (Å²) in [6, 6.07) is 53.9. The molecule has 0 bridgehead atoms. The average Bonchev–Trinajstić information content (AvgIpc) is 3.56. The van der Waals surface area contributed by atoms with E-state index in [9.17, 15) is 0 Å². The fraction of sp³-hybridized carbons (Fsp3) is 0. The van der Waals surface area contributed by atoms with Gasteiger partial charge in [-0.25, -0.2) is 4.98 Å². The summed E-state index contributed by atoms with van der Waals surface area (Å²) in [4.78, 5) is 15.0. The molecule has 49 heavy (non-hydrogen) atoms. The number of rotatable bonds is 4. The summed E-state index contributed by atoms with van der Waals surface area (Å²) in [7, 11) is 0. The molecule has 0 radical (unpaired) electrons. The van der Waals surface area contributed by atoms with Crippen LogP contribution >= 0.6 is 11.3 Å². The van der Waals surface area contributed by atoms with Crippen molar-refractivity contribution in [1.82, 2.24) is 15.0 Å². The molecule has 10 rings (SSSR count). The maximum Gasteiger partial charge on any atom is 0.0972 e. The Hall–Kier alpha value is -6.23. The Morgan fingerprint density at radius 1 is 0.408 bits per heavy atom. The van der Waals surface area contributed by atoms with Crippen LogP contribution in [0.25, 0.3) is 97.5 Å². The van der Waals surface area contributed by atoms with Crippen LogP contribution < -0.4 is 0 Å². The highest BCUT2D eigenvalue weighted by Gasteiger charge is 2.17. The van der Waals surface area contributed by atoms with E-state index in [0.717, 1.165) is 66.2 Å². The summed E-state index contributed by atoms with van der Waals surface area (Å²) in [5.74, 6) is 0. The number of hydrogen-bond acceptors (Lipinski definition) is 4. The van der Waals surface area contributed by atoms with Crippen LogP contribution in [0.15, 0.2) is 164 Å². The highest BCUT2D eigenvalue weighted by molar-refractivity contribution is 7.25. The first kappa shape index (κ1) is 27.8. The van der Waals surface area contributed by atoms with E-state index in [1.807, 2.05) is 48.0 Å². The first-order chi connectivity index (χ1) is 24.3. The van der Waals surface area contributed by atoms with Crippen molar-refractivity contribution in [3.05, 3.63) is 164 Å². The van der Waals surface area contributed by atoms with Gasteiger partial charge in [0, 0.05) is 65.4 Å². The Labute approximate surface area is 286 Å². The summed E-state index contributed by atoms with van der Waals surface area (Å²) in [6.07, 6.45) is 4.00. The molecule has 4 heteroatoms. The summed E-state index contributed by atoms with van der Waals surface area (Å²) in [5, 5.41) is 5.85. The van der Waals surface area contributed by atoms with Crippen molar-refractivity contribution < 1.29 is 0 Å². The molecule has 0 atom stereocenters. The lowest BCUT2D eigenvalue weighted by Gasteiger charge is -2.15. The molecule has 0 amide bonds. The first-order valence-electron chi connectivity index (χ1n) is 16.4. The van der Waals surface area contributed by atoms with Crippen molar-refractivity contribution in [2.24, 2.45) is 0 Å². The van der Waals surface area contributed by atoms with Crippen molar-refractivity contribution in [2.45, 2.75) is 0 Å². The maximum absolute atomic E-state index is 5.08. The molecule has 0 saturated heterocycles. The molecular weight excluding hydrogens is 615 g/mol. The average molecular weight is 642 g/mol. The van der Waals surface area contributed by atoms with E-state index in [1.54, 1.807) is 0 Å². The molecule has 0 aliphatic heterocycles. The van der Waals surface area contributed by atoms with E-state index in [1.165, 1.54) is 31.3 Å². The minimum Gasteiger partial charge on any atom is -0.256 e. The lowest BCUT2D eigenvalue weighted by Crippen LogP contribution is -1.92. The highest BCUT2D eigenvalue weighted by Crippen LogP contribution is 2.44. The third kappa shape index (κ3) is 4.68. The van der Waals surface area contributed by atoms with Crippen LogP contribution in [0.4, 0.5) is 0 Å². The SMILES string of the molecule is c1ccc(-c2ccc3ccc4cc(-c5ccc(-c6cnc7ccccc7c6)c(-c6cccc7sc8ccccc8c67)c5)cnc4c3n2)cc1. The number of benzene rings is 6. The molecule has 0 aliphatic carbocycles. The molecule has 0 saturated carbocycles. The Morgan fingerprint density at radius 2 is 1.18 bits per heavy atom. The Bertz CT molecular complexity index is 2890.